The van der Waals surface area contributed by atoms with Crippen LogP contribution in [0.2, 0.25) is 10.0 Å². The molecular weight excluding hydrogens is 421 g/mol. The number of carbonyl (C=O) groups excluding carboxylic acids is 1. The summed E-state index contributed by atoms with van der Waals surface area (Å²) in [5, 5.41) is 6.66. The van der Waals surface area contributed by atoms with Gasteiger partial charge in [-0.2, -0.15) is 0 Å². The van der Waals surface area contributed by atoms with E-state index >= 15 is 0 Å². The minimum absolute atomic E-state index is 0.0629. The number of nitrogens with one attached hydrogen (secondary N) is 2. The molecule has 0 bridgehead atoms. The number of benzene rings is 2. The number of anilines is 1. The standard InChI is InChI=1S/C19H23Cl2N3O3S/c1-12(14-5-7-15(20)8-6-14)22-13(2)19(25)23-16-9-10-17(21)18(11-16)28(26,27)24(3)4/h5-13,22H,1-4H3,(H,23,25)/t12-,13-/m1/s1. The zero-order valence-electron chi connectivity index (χ0n) is 16.0. The predicted molar refractivity (Wildman–Crippen MR) is 113 cm³/mol. The monoisotopic (exact) mass is 443 g/mol. The highest BCUT2D eigenvalue weighted by Gasteiger charge is 2.22. The van der Waals surface area contributed by atoms with E-state index in [0.29, 0.717) is 10.7 Å². The molecule has 0 aliphatic rings. The number of rotatable bonds is 7. The lowest BCUT2D eigenvalue weighted by molar-refractivity contribution is -0.117. The molecule has 0 unspecified atom stereocenters. The summed E-state index contributed by atoms with van der Waals surface area (Å²) < 4.78 is 25.8. The van der Waals surface area contributed by atoms with Crippen molar-refractivity contribution < 1.29 is 13.2 Å². The maximum atomic E-state index is 12.5. The number of carbonyl (C=O) groups is 1. The molecule has 0 fully saturated rings. The first-order chi connectivity index (χ1) is 13.0. The van der Waals surface area contributed by atoms with E-state index in [2.05, 4.69) is 10.6 Å². The van der Waals surface area contributed by atoms with Gasteiger partial charge in [0, 0.05) is 30.8 Å². The minimum Gasteiger partial charge on any atom is -0.325 e. The third kappa shape index (κ3) is 5.46. The number of sulfonamides is 1. The molecule has 2 atom stereocenters. The number of hydrogen-bond donors (Lipinski definition) is 2. The fourth-order valence-electron chi connectivity index (χ4n) is 2.52. The average molecular weight is 444 g/mol. The first-order valence-electron chi connectivity index (χ1n) is 8.57. The van der Waals surface area contributed by atoms with Crippen molar-refractivity contribution in [1.82, 2.24) is 9.62 Å². The van der Waals surface area contributed by atoms with Crippen molar-refractivity contribution in [3.05, 3.63) is 58.1 Å². The maximum Gasteiger partial charge on any atom is 0.244 e. The Balaban J connectivity index is 2.10. The summed E-state index contributed by atoms with van der Waals surface area (Å²) >= 11 is 11.9. The van der Waals surface area contributed by atoms with Gasteiger partial charge >= 0.3 is 0 Å². The van der Waals surface area contributed by atoms with Gasteiger partial charge < -0.3 is 5.32 Å². The number of nitrogens with zero attached hydrogens (tertiary/aromatic N) is 1. The summed E-state index contributed by atoms with van der Waals surface area (Å²) in [6.45, 7) is 3.67. The summed E-state index contributed by atoms with van der Waals surface area (Å²) in [7, 11) is -0.886. The molecule has 9 heteroatoms. The van der Waals surface area contributed by atoms with Gasteiger partial charge in [-0.3, -0.25) is 10.1 Å². The van der Waals surface area contributed by atoms with Crippen LogP contribution in [0.5, 0.6) is 0 Å². The lowest BCUT2D eigenvalue weighted by Gasteiger charge is -2.20. The molecule has 2 N–H and O–H groups in total. The fourth-order valence-corrected chi connectivity index (χ4v) is 4.04. The summed E-state index contributed by atoms with van der Waals surface area (Å²) in [5.74, 6) is -0.295. The zero-order valence-corrected chi connectivity index (χ0v) is 18.4. The first-order valence-corrected chi connectivity index (χ1v) is 10.8. The van der Waals surface area contributed by atoms with Crippen molar-refractivity contribution in [2.24, 2.45) is 0 Å². The van der Waals surface area contributed by atoms with Gasteiger partial charge in [-0.05, 0) is 49.7 Å². The van der Waals surface area contributed by atoms with Crippen molar-refractivity contribution in [2.45, 2.75) is 30.8 Å². The Hall–Kier alpha value is -1.64. The molecule has 0 spiro atoms. The second-order valence-electron chi connectivity index (χ2n) is 6.58. The van der Waals surface area contributed by atoms with Crippen molar-refractivity contribution in [3.63, 3.8) is 0 Å². The molecule has 0 aliphatic heterocycles. The highest BCUT2D eigenvalue weighted by molar-refractivity contribution is 7.89. The second-order valence-corrected chi connectivity index (χ2v) is 9.55. The van der Waals surface area contributed by atoms with E-state index in [1.165, 1.54) is 26.2 Å². The summed E-state index contributed by atoms with van der Waals surface area (Å²) in [6.07, 6.45) is 0. The minimum atomic E-state index is -3.72. The molecule has 1 amide bonds. The highest BCUT2D eigenvalue weighted by Crippen LogP contribution is 2.27. The molecule has 2 aromatic rings. The quantitative estimate of drug-likeness (QED) is 0.679. The molecule has 28 heavy (non-hydrogen) atoms. The zero-order chi connectivity index (χ0) is 21.1. The molecule has 2 rings (SSSR count). The Morgan fingerprint density at radius 1 is 1.04 bits per heavy atom. The largest absolute Gasteiger partial charge is 0.325 e. The molecule has 2 aromatic carbocycles. The molecule has 152 valence electrons. The Labute approximate surface area is 175 Å². The van der Waals surface area contributed by atoms with Gasteiger partial charge in [0.05, 0.1) is 11.1 Å². The molecule has 0 heterocycles. The van der Waals surface area contributed by atoms with E-state index in [1.807, 2.05) is 19.1 Å². The normalized spacial score (nSPS) is 14.0. The predicted octanol–water partition coefficient (Wildman–Crippen LogP) is 3.92. The van der Waals surface area contributed by atoms with Crippen LogP contribution in [-0.4, -0.2) is 38.8 Å². The first kappa shape index (κ1) is 22.6. The third-order valence-corrected chi connectivity index (χ3v) is 6.77. The van der Waals surface area contributed by atoms with Gasteiger partial charge in [-0.25, -0.2) is 12.7 Å². The fraction of sp³-hybridized carbons (Fsp3) is 0.316. The van der Waals surface area contributed by atoms with Crippen LogP contribution in [0.3, 0.4) is 0 Å². The van der Waals surface area contributed by atoms with Crippen LogP contribution in [-0.2, 0) is 14.8 Å². The van der Waals surface area contributed by atoms with Crippen LogP contribution in [0, 0.1) is 0 Å². The van der Waals surface area contributed by atoms with E-state index in [9.17, 15) is 13.2 Å². The van der Waals surface area contributed by atoms with Gasteiger partial charge in [-0.1, -0.05) is 35.3 Å². The number of amides is 1. The van der Waals surface area contributed by atoms with Gasteiger partial charge in [-0.15, -0.1) is 0 Å². The van der Waals surface area contributed by atoms with E-state index in [-0.39, 0.29) is 21.9 Å². The molecule has 0 aromatic heterocycles. The maximum absolute atomic E-state index is 12.5. The highest BCUT2D eigenvalue weighted by atomic mass is 35.5. The van der Waals surface area contributed by atoms with Gasteiger partial charge in [0.2, 0.25) is 15.9 Å². The van der Waals surface area contributed by atoms with E-state index < -0.39 is 16.1 Å². The second kappa shape index (κ2) is 9.24. The van der Waals surface area contributed by atoms with Crippen molar-refractivity contribution in [2.75, 3.05) is 19.4 Å². The van der Waals surface area contributed by atoms with E-state index in [4.69, 9.17) is 23.2 Å². The van der Waals surface area contributed by atoms with Crippen molar-refractivity contribution >= 4 is 44.8 Å². The summed E-state index contributed by atoms with van der Waals surface area (Å²) in [6, 6.07) is 11.1. The van der Waals surface area contributed by atoms with Crippen LogP contribution in [0.15, 0.2) is 47.4 Å². The average Bonchev–Trinajstić information content (AvgIpc) is 2.63. The van der Waals surface area contributed by atoms with Crippen molar-refractivity contribution in [3.8, 4) is 0 Å². The van der Waals surface area contributed by atoms with Gasteiger partial charge in [0.25, 0.3) is 0 Å². The van der Waals surface area contributed by atoms with Crippen LogP contribution < -0.4 is 10.6 Å². The lowest BCUT2D eigenvalue weighted by atomic mass is 10.1. The van der Waals surface area contributed by atoms with Crippen LogP contribution in [0.25, 0.3) is 0 Å². The topological polar surface area (TPSA) is 78.5 Å². The van der Waals surface area contributed by atoms with Crippen LogP contribution in [0.4, 0.5) is 5.69 Å². The number of hydrogen-bond acceptors (Lipinski definition) is 4. The summed E-state index contributed by atoms with van der Waals surface area (Å²) in [5.41, 5.74) is 1.34. The Kier molecular flexibility index (Phi) is 7.47. The van der Waals surface area contributed by atoms with Gasteiger partial charge in [0.15, 0.2) is 0 Å². The Morgan fingerprint density at radius 2 is 1.64 bits per heavy atom. The Bertz CT molecular complexity index is 947. The SMILES string of the molecule is C[C@@H](N[C@H](C)c1ccc(Cl)cc1)C(=O)Nc1ccc(Cl)c(S(=O)(=O)N(C)C)c1. The van der Waals surface area contributed by atoms with Gasteiger partial charge in [0.1, 0.15) is 4.90 Å². The van der Waals surface area contributed by atoms with E-state index in [1.54, 1.807) is 25.1 Å². The molecule has 0 saturated carbocycles. The van der Waals surface area contributed by atoms with Crippen LogP contribution >= 0.6 is 23.2 Å². The lowest BCUT2D eigenvalue weighted by Crippen LogP contribution is -2.39. The Morgan fingerprint density at radius 3 is 2.21 bits per heavy atom. The smallest absolute Gasteiger partial charge is 0.244 e. The van der Waals surface area contributed by atoms with Crippen molar-refractivity contribution in [1.29, 1.82) is 0 Å². The van der Waals surface area contributed by atoms with Crippen LogP contribution in [0.1, 0.15) is 25.5 Å². The number of halogens is 2. The molecule has 0 saturated heterocycles. The van der Waals surface area contributed by atoms with E-state index in [0.717, 1.165) is 9.87 Å². The molecule has 6 nitrogen and oxygen atoms in total. The molecule has 0 radical (unpaired) electrons. The summed E-state index contributed by atoms with van der Waals surface area (Å²) in [4.78, 5) is 12.5. The third-order valence-electron chi connectivity index (χ3n) is 4.22. The molecular formula is C19H23Cl2N3O3S. The molecule has 0 aliphatic carbocycles.